The van der Waals surface area contributed by atoms with E-state index in [0.717, 1.165) is 16.7 Å². The highest BCUT2D eigenvalue weighted by atomic mass is 16.6. The van der Waals surface area contributed by atoms with Crippen molar-refractivity contribution in [3.8, 4) is 16.9 Å². The van der Waals surface area contributed by atoms with Crippen molar-refractivity contribution in [1.29, 1.82) is 0 Å². The molecular formula is C30H29NO5. The van der Waals surface area contributed by atoms with E-state index in [1.54, 1.807) is 7.11 Å². The van der Waals surface area contributed by atoms with Gasteiger partial charge >= 0.3 is 6.09 Å². The van der Waals surface area contributed by atoms with E-state index < -0.39 is 0 Å². The Bertz CT molecular complexity index is 1290. The monoisotopic (exact) mass is 483 g/mol. The lowest BCUT2D eigenvalue weighted by Gasteiger charge is -2.44. The molecule has 3 aromatic rings. The van der Waals surface area contributed by atoms with Crippen LogP contribution in [0.5, 0.6) is 5.75 Å². The molecule has 1 fully saturated rings. The predicted molar refractivity (Wildman–Crippen MR) is 137 cm³/mol. The van der Waals surface area contributed by atoms with E-state index in [9.17, 15) is 9.90 Å². The number of hydrogen-bond donors (Lipinski definition) is 1. The maximum Gasteiger partial charge on any atom is 0.410 e. The Balaban J connectivity index is 1.21. The van der Waals surface area contributed by atoms with Gasteiger partial charge in [0.15, 0.2) is 0 Å². The van der Waals surface area contributed by atoms with Gasteiger partial charge in [0.25, 0.3) is 0 Å². The highest BCUT2D eigenvalue weighted by molar-refractivity contribution is 5.79. The second-order valence-electron chi connectivity index (χ2n) is 9.55. The quantitative estimate of drug-likeness (QED) is 0.554. The third-order valence-corrected chi connectivity index (χ3v) is 7.57. The molecule has 0 radical (unpaired) electrons. The molecule has 2 heterocycles. The zero-order valence-corrected chi connectivity index (χ0v) is 20.2. The molecular weight excluding hydrogens is 454 g/mol. The molecule has 2 unspecified atom stereocenters. The van der Waals surface area contributed by atoms with E-state index in [2.05, 4.69) is 42.5 Å². The molecule has 184 valence electrons. The second-order valence-corrected chi connectivity index (χ2v) is 9.55. The lowest BCUT2D eigenvalue weighted by molar-refractivity contribution is -0.0331. The first-order valence-corrected chi connectivity index (χ1v) is 12.4. The number of aliphatic hydroxyl groups excluding tert-OH is 1. The van der Waals surface area contributed by atoms with Crippen LogP contribution in [0.2, 0.25) is 0 Å². The summed E-state index contributed by atoms with van der Waals surface area (Å²) in [7, 11) is 1.60. The molecule has 1 amide bonds. The van der Waals surface area contributed by atoms with E-state index in [-0.39, 0.29) is 30.7 Å². The highest BCUT2D eigenvalue weighted by Crippen LogP contribution is 2.44. The van der Waals surface area contributed by atoms with Gasteiger partial charge in [-0.2, -0.15) is 0 Å². The van der Waals surface area contributed by atoms with E-state index in [4.69, 9.17) is 14.2 Å². The Morgan fingerprint density at radius 3 is 2.42 bits per heavy atom. The topological polar surface area (TPSA) is 68.2 Å². The third kappa shape index (κ3) is 3.87. The van der Waals surface area contributed by atoms with Crippen LogP contribution in [0.1, 0.15) is 34.6 Å². The van der Waals surface area contributed by atoms with Crippen LogP contribution in [0.4, 0.5) is 4.79 Å². The molecule has 6 nitrogen and oxygen atoms in total. The van der Waals surface area contributed by atoms with E-state index in [1.807, 2.05) is 35.2 Å². The van der Waals surface area contributed by atoms with Crippen LogP contribution in [0.25, 0.3) is 16.7 Å². The highest BCUT2D eigenvalue weighted by Gasteiger charge is 2.40. The minimum absolute atomic E-state index is 0.0320. The van der Waals surface area contributed by atoms with E-state index >= 15 is 0 Å². The van der Waals surface area contributed by atoms with Crippen molar-refractivity contribution in [1.82, 2.24) is 4.90 Å². The van der Waals surface area contributed by atoms with Gasteiger partial charge in [-0.3, -0.25) is 4.90 Å². The van der Waals surface area contributed by atoms with Gasteiger partial charge in [0.1, 0.15) is 12.4 Å². The average molecular weight is 484 g/mol. The van der Waals surface area contributed by atoms with Crippen molar-refractivity contribution in [2.75, 3.05) is 26.9 Å². The lowest BCUT2D eigenvalue weighted by Crippen LogP contribution is -2.56. The molecule has 1 N–H and O–H groups in total. The molecule has 6 rings (SSSR count). The number of hydrogen-bond acceptors (Lipinski definition) is 5. The molecule has 2 atom stereocenters. The number of fused-ring (bicyclic) bond motifs is 5. The summed E-state index contributed by atoms with van der Waals surface area (Å²) >= 11 is 0. The van der Waals surface area contributed by atoms with Crippen molar-refractivity contribution in [3.05, 3.63) is 95.1 Å². The van der Waals surface area contributed by atoms with Crippen LogP contribution in [0.3, 0.4) is 0 Å². The second kappa shape index (κ2) is 9.45. The van der Waals surface area contributed by atoms with Gasteiger partial charge in [0.05, 0.1) is 39.0 Å². The summed E-state index contributed by atoms with van der Waals surface area (Å²) in [4.78, 5) is 15.2. The minimum Gasteiger partial charge on any atom is -0.496 e. The zero-order valence-electron chi connectivity index (χ0n) is 20.2. The Morgan fingerprint density at radius 1 is 1.03 bits per heavy atom. The lowest BCUT2D eigenvalue weighted by atomic mass is 9.89. The van der Waals surface area contributed by atoms with Gasteiger partial charge in [-0.15, -0.1) is 0 Å². The van der Waals surface area contributed by atoms with Crippen LogP contribution in [0.15, 0.2) is 72.8 Å². The smallest absolute Gasteiger partial charge is 0.410 e. The minimum atomic E-state index is -0.295. The van der Waals surface area contributed by atoms with Gasteiger partial charge in [-0.05, 0) is 51.9 Å². The Labute approximate surface area is 210 Å². The summed E-state index contributed by atoms with van der Waals surface area (Å²) in [6, 6.07) is 22.3. The predicted octanol–water partition coefficient (Wildman–Crippen LogP) is 4.99. The molecule has 2 aliphatic heterocycles. The fraction of sp³-hybridized carbons (Fsp3) is 0.300. The van der Waals surface area contributed by atoms with Crippen LogP contribution < -0.4 is 4.74 Å². The summed E-state index contributed by atoms with van der Waals surface area (Å²) < 4.78 is 17.1. The number of carbonyl (C=O) groups is 1. The van der Waals surface area contributed by atoms with Gasteiger partial charge in [-0.1, -0.05) is 60.7 Å². The fourth-order valence-corrected chi connectivity index (χ4v) is 5.87. The first kappa shape index (κ1) is 22.8. The maximum absolute atomic E-state index is 13.4. The summed E-state index contributed by atoms with van der Waals surface area (Å²) in [5.41, 5.74) is 7.76. The van der Waals surface area contributed by atoms with Gasteiger partial charge in [0, 0.05) is 11.5 Å². The van der Waals surface area contributed by atoms with E-state index in [0.29, 0.717) is 32.0 Å². The normalized spacial score (nSPS) is 20.4. The molecule has 2 bridgehead atoms. The van der Waals surface area contributed by atoms with Crippen LogP contribution in [-0.2, 0) is 16.1 Å². The number of carbonyl (C=O) groups excluding carboxylic acids is 1. The summed E-state index contributed by atoms with van der Waals surface area (Å²) in [5, 5.41) is 9.73. The number of methoxy groups -OCH3 is 1. The number of aliphatic hydroxyl groups is 1. The number of ether oxygens (including phenoxy) is 3. The Hall–Kier alpha value is -3.61. The molecule has 0 saturated carbocycles. The number of amides is 1. The number of nitrogens with zero attached hydrogens (tertiary/aromatic N) is 1. The summed E-state index contributed by atoms with van der Waals surface area (Å²) in [5.74, 6) is 0.700. The molecule has 3 aromatic carbocycles. The molecule has 6 heteroatoms. The average Bonchev–Trinajstić information content (AvgIpc) is 3.24. The van der Waals surface area contributed by atoms with Gasteiger partial charge in [0.2, 0.25) is 0 Å². The SMILES string of the molecule is COc1ccc(C2=CC3COCC(C2)N3C(=O)OCC2c3ccccc3-c3ccccc32)cc1CO. The van der Waals surface area contributed by atoms with Crippen LogP contribution in [0, 0.1) is 0 Å². The first-order valence-electron chi connectivity index (χ1n) is 12.4. The van der Waals surface area contributed by atoms with Crippen molar-refractivity contribution in [2.24, 2.45) is 0 Å². The van der Waals surface area contributed by atoms with Crippen molar-refractivity contribution in [3.63, 3.8) is 0 Å². The number of morpholine rings is 1. The number of benzene rings is 3. The molecule has 0 spiro atoms. The van der Waals surface area contributed by atoms with Crippen molar-refractivity contribution in [2.45, 2.75) is 31.0 Å². The molecule has 36 heavy (non-hydrogen) atoms. The standard InChI is InChI=1S/C30H29NO5/c1-34-29-11-10-19(12-21(29)15-32)20-13-22-16-35-17-23(14-20)31(22)30(33)36-18-28-26-8-4-2-6-24(26)25-7-3-5-9-27(25)28/h2-13,22-23,28,32H,14-18H2,1H3. The van der Waals surface area contributed by atoms with Crippen molar-refractivity contribution >= 4 is 11.7 Å². The summed E-state index contributed by atoms with van der Waals surface area (Å²) in [6.07, 6.45) is 2.47. The Kier molecular flexibility index (Phi) is 5.99. The van der Waals surface area contributed by atoms with E-state index in [1.165, 1.54) is 22.3 Å². The number of rotatable bonds is 5. The zero-order chi connectivity index (χ0) is 24.6. The molecule has 1 saturated heterocycles. The first-order chi connectivity index (χ1) is 17.7. The third-order valence-electron chi connectivity index (χ3n) is 7.57. The van der Waals surface area contributed by atoms with Crippen molar-refractivity contribution < 1.29 is 24.1 Å². The fourth-order valence-electron chi connectivity index (χ4n) is 5.87. The summed E-state index contributed by atoms with van der Waals surface area (Å²) in [6.45, 7) is 1.12. The maximum atomic E-state index is 13.4. The van der Waals surface area contributed by atoms with Gasteiger partial charge in [-0.25, -0.2) is 4.79 Å². The molecule has 3 aliphatic rings. The molecule has 1 aliphatic carbocycles. The molecule has 0 aromatic heterocycles. The largest absolute Gasteiger partial charge is 0.496 e. The van der Waals surface area contributed by atoms with Gasteiger partial charge < -0.3 is 19.3 Å². The van der Waals surface area contributed by atoms with Crippen LogP contribution in [-0.4, -0.2) is 55.1 Å². The van der Waals surface area contributed by atoms with Crippen LogP contribution >= 0.6 is 0 Å². The Morgan fingerprint density at radius 2 is 1.75 bits per heavy atom.